The number of H-pyrrole nitrogens is 1. The maximum atomic E-state index is 11.4. The molecule has 2 rings (SSSR count). The number of carbonyl (C=O) groups excluding carboxylic acids is 1. The van der Waals surface area contributed by atoms with Crippen molar-refractivity contribution >= 4 is 5.78 Å². The van der Waals surface area contributed by atoms with Crippen molar-refractivity contribution in [2.75, 3.05) is 0 Å². The van der Waals surface area contributed by atoms with Crippen LogP contribution in [-0.4, -0.2) is 15.3 Å². The monoisotopic (exact) mass is 194 g/mol. The highest BCUT2D eigenvalue weighted by atomic mass is 16.2. The van der Waals surface area contributed by atoms with Crippen molar-refractivity contribution in [3.05, 3.63) is 33.1 Å². The Kier molecular flexibility index (Phi) is 2.07. The minimum atomic E-state index is -0.522. The van der Waals surface area contributed by atoms with Gasteiger partial charge in [0.05, 0.1) is 6.54 Å². The second kappa shape index (κ2) is 3.25. The van der Waals surface area contributed by atoms with Crippen molar-refractivity contribution in [3.8, 4) is 0 Å². The highest BCUT2D eigenvalue weighted by molar-refractivity contribution is 5.82. The number of hydrogen-bond donors (Lipinski definition) is 1. The van der Waals surface area contributed by atoms with E-state index in [0.29, 0.717) is 0 Å². The second-order valence-electron chi connectivity index (χ2n) is 3.48. The molecule has 0 radical (unpaired) electrons. The van der Waals surface area contributed by atoms with Crippen molar-refractivity contribution in [1.82, 2.24) is 9.55 Å². The molecule has 1 aromatic heterocycles. The van der Waals surface area contributed by atoms with E-state index in [9.17, 15) is 14.4 Å². The Labute approximate surface area is 79.4 Å². The van der Waals surface area contributed by atoms with Gasteiger partial charge in [-0.15, -0.1) is 0 Å². The third kappa shape index (κ3) is 1.81. The van der Waals surface area contributed by atoms with Gasteiger partial charge in [-0.1, -0.05) is 0 Å². The molecule has 0 bridgehead atoms. The molecule has 0 aromatic carbocycles. The summed E-state index contributed by atoms with van der Waals surface area (Å²) < 4.78 is 1.22. The number of Topliss-reactive ketones (excluding diaryl/α,β-unsaturated/α-hetero) is 1. The Morgan fingerprint density at radius 1 is 1.50 bits per heavy atom. The van der Waals surface area contributed by atoms with E-state index in [-0.39, 0.29) is 18.2 Å². The van der Waals surface area contributed by atoms with Crippen LogP contribution < -0.4 is 11.2 Å². The average molecular weight is 194 g/mol. The predicted molar refractivity (Wildman–Crippen MR) is 49.1 cm³/mol. The van der Waals surface area contributed by atoms with Crippen molar-refractivity contribution in [2.45, 2.75) is 19.4 Å². The summed E-state index contributed by atoms with van der Waals surface area (Å²) in [5, 5.41) is 0. The van der Waals surface area contributed by atoms with E-state index < -0.39 is 11.2 Å². The van der Waals surface area contributed by atoms with Crippen LogP contribution in [-0.2, 0) is 11.3 Å². The van der Waals surface area contributed by atoms with E-state index >= 15 is 0 Å². The molecule has 0 unspecified atom stereocenters. The van der Waals surface area contributed by atoms with Crippen LogP contribution in [0, 0.1) is 5.92 Å². The van der Waals surface area contributed by atoms with E-state index in [1.54, 1.807) is 0 Å². The predicted octanol–water partition coefficient (Wildman–Crippen LogP) is -0.484. The molecule has 0 aliphatic heterocycles. The third-order valence-electron chi connectivity index (χ3n) is 2.26. The largest absolute Gasteiger partial charge is 0.328 e. The zero-order valence-corrected chi connectivity index (χ0v) is 7.53. The number of aromatic amines is 1. The number of hydrogen-bond acceptors (Lipinski definition) is 3. The fraction of sp³-hybridized carbons (Fsp3) is 0.444. The maximum absolute atomic E-state index is 11.4. The molecule has 14 heavy (non-hydrogen) atoms. The molecule has 74 valence electrons. The van der Waals surface area contributed by atoms with E-state index in [1.165, 1.54) is 16.8 Å². The highest BCUT2D eigenvalue weighted by Gasteiger charge is 2.29. The van der Waals surface area contributed by atoms with E-state index in [0.717, 1.165) is 12.8 Å². The first-order valence-electron chi connectivity index (χ1n) is 4.49. The fourth-order valence-electron chi connectivity index (χ4n) is 1.27. The van der Waals surface area contributed by atoms with Gasteiger partial charge in [-0.2, -0.15) is 0 Å². The standard InChI is InChI=1S/C9H10N2O3/c12-7(6-1-2-6)5-11-4-3-8(13)10-9(11)14/h3-4,6H,1-2,5H2,(H,10,13,14). The molecule has 1 saturated carbocycles. The van der Waals surface area contributed by atoms with Gasteiger partial charge < -0.3 is 0 Å². The van der Waals surface area contributed by atoms with Gasteiger partial charge in [0.2, 0.25) is 0 Å². The number of carbonyl (C=O) groups is 1. The van der Waals surface area contributed by atoms with Crippen LogP contribution in [0.3, 0.4) is 0 Å². The zero-order valence-electron chi connectivity index (χ0n) is 7.53. The smallest absolute Gasteiger partial charge is 0.297 e. The van der Waals surface area contributed by atoms with Gasteiger partial charge in [-0.3, -0.25) is 19.1 Å². The number of ketones is 1. The lowest BCUT2D eigenvalue weighted by atomic mass is 10.2. The summed E-state index contributed by atoms with van der Waals surface area (Å²) in [6.45, 7) is 0.0697. The molecule has 5 heteroatoms. The maximum Gasteiger partial charge on any atom is 0.328 e. The minimum Gasteiger partial charge on any atom is -0.297 e. The lowest BCUT2D eigenvalue weighted by molar-refractivity contribution is -0.120. The second-order valence-corrected chi connectivity index (χ2v) is 3.48. The topological polar surface area (TPSA) is 71.9 Å². The lowest BCUT2D eigenvalue weighted by Gasteiger charge is -2.01. The molecule has 1 aliphatic carbocycles. The Morgan fingerprint density at radius 2 is 2.21 bits per heavy atom. The van der Waals surface area contributed by atoms with Crippen molar-refractivity contribution in [2.24, 2.45) is 5.92 Å². The van der Waals surface area contributed by atoms with Gasteiger partial charge in [0, 0.05) is 18.2 Å². The summed E-state index contributed by atoms with van der Waals surface area (Å²) in [5.74, 6) is 0.202. The van der Waals surface area contributed by atoms with Crippen LogP contribution in [0.1, 0.15) is 12.8 Å². The summed E-state index contributed by atoms with van der Waals surface area (Å²) in [4.78, 5) is 35.4. The summed E-state index contributed by atoms with van der Waals surface area (Å²) in [6.07, 6.45) is 3.20. The van der Waals surface area contributed by atoms with Gasteiger partial charge in [0.15, 0.2) is 5.78 Å². The van der Waals surface area contributed by atoms with Crippen LogP contribution in [0.5, 0.6) is 0 Å². The Morgan fingerprint density at radius 3 is 2.79 bits per heavy atom. The summed E-state index contributed by atoms with van der Waals surface area (Å²) in [6, 6.07) is 1.24. The number of nitrogens with one attached hydrogen (secondary N) is 1. The van der Waals surface area contributed by atoms with Crippen LogP contribution >= 0.6 is 0 Å². The summed E-state index contributed by atoms with van der Waals surface area (Å²) in [5.41, 5.74) is -0.961. The number of rotatable bonds is 3. The first kappa shape index (κ1) is 8.93. The van der Waals surface area contributed by atoms with Crippen LogP contribution in [0.2, 0.25) is 0 Å². The minimum absolute atomic E-state index is 0.0687. The Hall–Kier alpha value is -1.65. The first-order valence-corrected chi connectivity index (χ1v) is 4.49. The Balaban J connectivity index is 2.20. The van der Waals surface area contributed by atoms with Gasteiger partial charge in [0.1, 0.15) is 0 Å². The third-order valence-corrected chi connectivity index (χ3v) is 2.26. The van der Waals surface area contributed by atoms with E-state index in [2.05, 4.69) is 4.98 Å². The zero-order chi connectivity index (χ0) is 10.1. The molecular formula is C9H10N2O3. The molecular weight excluding hydrogens is 184 g/mol. The number of aromatic nitrogens is 2. The quantitative estimate of drug-likeness (QED) is 0.706. The van der Waals surface area contributed by atoms with Crippen LogP contribution in [0.25, 0.3) is 0 Å². The summed E-state index contributed by atoms with van der Waals surface area (Å²) in [7, 11) is 0. The van der Waals surface area contributed by atoms with Gasteiger partial charge in [-0.25, -0.2) is 4.79 Å². The SMILES string of the molecule is O=C(Cn1ccc(=O)[nH]c1=O)C1CC1. The molecule has 0 saturated heterocycles. The molecule has 1 heterocycles. The molecule has 0 spiro atoms. The fourth-order valence-corrected chi connectivity index (χ4v) is 1.27. The molecule has 0 atom stereocenters. The molecule has 0 amide bonds. The Bertz CT molecular complexity index is 467. The average Bonchev–Trinajstić information content (AvgIpc) is 2.92. The van der Waals surface area contributed by atoms with Crippen molar-refractivity contribution < 1.29 is 4.79 Å². The first-order chi connectivity index (χ1) is 6.66. The molecule has 1 fully saturated rings. The van der Waals surface area contributed by atoms with Crippen molar-refractivity contribution in [1.29, 1.82) is 0 Å². The summed E-state index contributed by atoms with van der Waals surface area (Å²) >= 11 is 0. The highest BCUT2D eigenvalue weighted by Crippen LogP contribution is 2.29. The van der Waals surface area contributed by atoms with Crippen molar-refractivity contribution in [3.63, 3.8) is 0 Å². The number of nitrogens with zero attached hydrogens (tertiary/aromatic N) is 1. The van der Waals surface area contributed by atoms with E-state index in [1.807, 2.05) is 0 Å². The van der Waals surface area contributed by atoms with Gasteiger partial charge >= 0.3 is 5.69 Å². The van der Waals surface area contributed by atoms with Crippen LogP contribution in [0.15, 0.2) is 21.9 Å². The molecule has 5 nitrogen and oxygen atoms in total. The van der Waals surface area contributed by atoms with Gasteiger partial charge in [0.25, 0.3) is 5.56 Å². The molecule has 1 aliphatic rings. The molecule has 1 aromatic rings. The molecule has 1 N–H and O–H groups in total. The van der Waals surface area contributed by atoms with E-state index in [4.69, 9.17) is 0 Å². The lowest BCUT2D eigenvalue weighted by Crippen LogP contribution is -2.31. The normalized spacial score (nSPS) is 15.4. The van der Waals surface area contributed by atoms with Crippen LogP contribution in [0.4, 0.5) is 0 Å². The van der Waals surface area contributed by atoms with Gasteiger partial charge in [-0.05, 0) is 12.8 Å².